The van der Waals surface area contributed by atoms with E-state index in [0.29, 0.717) is 37.5 Å². The second-order valence-corrected chi connectivity index (χ2v) is 5.83. The third-order valence-electron chi connectivity index (χ3n) is 4.33. The molecule has 0 unspecified atom stereocenters. The van der Waals surface area contributed by atoms with E-state index < -0.39 is 0 Å². The highest BCUT2D eigenvalue weighted by Crippen LogP contribution is 2.19. The van der Waals surface area contributed by atoms with Gasteiger partial charge in [-0.2, -0.15) is 0 Å². The number of carbonyl (C=O) groups excluding carboxylic acids is 2. The average Bonchev–Trinajstić information content (AvgIpc) is 2.67. The van der Waals surface area contributed by atoms with E-state index in [1.165, 1.54) is 6.07 Å². The fourth-order valence-corrected chi connectivity index (χ4v) is 2.85. The largest absolute Gasteiger partial charge is 0.507 e. The van der Waals surface area contributed by atoms with Gasteiger partial charge in [-0.15, -0.1) is 0 Å². The van der Waals surface area contributed by atoms with Crippen LogP contribution in [0.25, 0.3) is 0 Å². The van der Waals surface area contributed by atoms with E-state index in [9.17, 15) is 14.7 Å². The SMILES string of the molecule is COc1ccc(C(=O)N2CCN(C(=O)c3ccccc3O)CC2)cc1. The van der Waals surface area contributed by atoms with Gasteiger partial charge < -0.3 is 19.6 Å². The normalized spacial score (nSPS) is 14.3. The van der Waals surface area contributed by atoms with Crippen LogP contribution in [0, 0.1) is 0 Å². The number of hydrogen-bond acceptors (Lipinski definition) is 4. The van der Waals surface area contributed by atoms with Gasteiger partial charge in [0, 0.05) is 31.7 Å². The van der Waals surface area contributed by atoms with Crippen LogP contribution in [0.1, 0.15) is 20.7 Å². The van der Waals surface area contributed by atoms with Gasteiger partial charge >= 0.3 is 0 Å². The topological polar surface area (TPSA) is 70.1 Å². The lowest BCUT2D eigenvalue weighted by atomic mass is 10.1. The number of methoxy groups -OCH3 is 1. The second-order valence-electron chi connectivity index (χ2n) is 5.83. The molecule has 1 fully saturated rings. The molecule has 1 N–H and O–H groups in total. The fourth-order valence-electron chi connectivity index (χ4n) is 2.85. The maximum Gasteiger partial charge on any atom is 0.257 e. The number of benzene rings is 2. The molecule has 0 saturated carbocycles. The molecule has 6 heteroatoms. The minimum atomic E-state index is -0.213. The Balaban J connectivity index is 1.62. The molecule has 0 bridgehead atoms. The summed E-state index contributed by atoms with van der Waals surface area (Å²) in [6.45, 7) is 1.80. The quantitative estimate of drug-likeness (QED) is 0.928. The summed E-state index contributed by atoms with van der Waals surface area (Å²) in [6.07, 6.45) is 0. The van der Waals surface area contributed by atoms with Crippen LogP contribution in [0.3, 0.4) is 0 Å². The molecule has 1 heterocycles. The summed E-state index contributed by atoms with van der Waals surface area (Å²) in [5.41, 5.74) is 0.888. The highest BCUT2D eigenvalue weighted by molar-refractivity contribution is 5.97. The number of phenolic OH excluding ortho intramolecular Hbond substituents is 1. The number of rotatable bonds is 3. The predicted octanol–water partition coefficient (Wildman–Crippen LogP) is 2.00. The van der Waals surface area contributed by atoms with Gasteiger partial charge in [-0.3, -0.25) is 9.59 Å². The Labute approximate surface area is 146 Å². The van der Waals surface area contributed by atoms with E-state index in [1.807, 2.05) is 0 Å². The molecule has 1 aliphatic heterocycles. The van der Waals surface area contributed by atoms with Crippen LogP contribution in [0.5, 0.6) is 11.5 Å². The number of phenols is 1. The number of amides is 2. The zero-order chi connectivity index (χ0) is 17.8. The van der Waals surface area contributed by atoms with Crippen LogP contribution in [0.4, 0.5) is 0 Å². The van der Waals surface area contributed by atoms with E-state index in [-0.39, 0.29) is 23.1 Å². The third kappa shape index (κ3) is 3.57. The number of aromatic hydroxyl groups is 1. The van der Waals surface area contributed by atoms with Gasteiger partial charge in [0.15, 0.2) is 0 Å². The minimum absolute atomic E-state index is 0.0239. The highest BCUT2D eigenvalue weighted by Gasteiger charge is 2.26. The van der Waals surface area contributed by atoms with E-state index >= 15 is 0 Å². The van der Waals surface area contributed by atoms with Crippen LogP contribution in [-0.2, 0) is 0 Å². The van der Waals surface area contributed by atoms with Crippen molar-refractivity contribution in [1.82, 2.24) is 9.80 Å². The van der Waals surface area contributed by atoms with Gasteiger partial charge in [-0.1, -0.05) is 12.1 Å². The molecule has 25 heavy (non-hydrogen) atoms. The summed E-state index contributed by atoms with van der Waals surface area (Å²) in [5.74, 6) is 0.408. The highest BCUT2D eigenvalue weighted by atomic mass is 16.5. The number of hydrogen-bond donors (Lipinski definition) is 1. The molecule has 3 rings (SSSR count). The van der Waals surface area contributed by atoms with Crippen molar-refractivity contribution in [2.45, 2.75) is 0 Å². The molecular formula is C19H20N2O4. The van der Waals surface area contributed by atoms with Crippen molar-refractivity contribution in [3.8, 4) is 11.5 Å². The number of ether oxygens (including phenoxy) is 1. The zero-order valence-corrected chi connectivity index (χ0v) is 14.0. The van der Waals surface area contributed by atoms with Gasteiger partial charge in [0.2, 0.25) is 0 Å². The summed E-state index contributed by atoms with van der Waals surface area (Å²) in [5, 5.41) is 9.82. The maximum absolute atomic E-state index is 12.5. The average molecular weight is 340 g/mol. The first kappa shape index (κ1) is 16.8. The molecule has 0 atom stereocenters. The molecule has 1 saturated heterocycles. The molecule has 2 amide bonds. The monoisotopic (exact) mass is 340 g/mol. The van der Waals surface area contributed by atoms with E-state index in [1.54, 1.807) is 59.4 Å². The molecule has 0 spiro atoms. The van der Waals surface area contributed by atoms with Crippen LogP contribution < -0.4 is 4.74 Å². The van der Waals surface area contributed by atoms with Gasteiger partial charge in [-0.05, 0) is 36.4 Å². The molecule has 2 aromatic rings. The van der Waals surface area contributed by atoms with E-state index in [0.717, 1.165) is 0 Å². The Kier molecular flexibility index (Phi) is 4.88. The number of nitrogens with zero attached hydrogens (tertiary/aromatic N) is 2. The molecule has 0 radical (unpaired) electrons. The molecule has 6 nitrogen and oxygen atoms in total. The Morgan fingerprint density at radius 3 is 2.00 bits per heavy atom. The molecule has 1 aliphatic rings. The van der Waals surface area contributed by atoms with Crippen molar-refractivity contribution in [1.29, 1.82) is 0 Å². The Morgan fingerprint density at radius 2 is 1.44 bits per heavy atom. The predicted molar refractivity (Wildman–Crippen MR) is 92.9 cm³/mol. The first-order valence-corrected chi connectivity index (χ1v) is 8.11. The summed E-state index contributed by atoms with van der Waals surface area (Å²) >= 11 is 0. The molecule has 130 valence electrons. The van der Waals surface area contributed by atoms with Gasteiger partial charge in [0.25, 0.3) is 11.8 Å². The number of para-hydroxylation sites is 1. The lowest BCUT2D eigenvalue weighted by Gasteiger charge is -2.35. The zero-order valence-electron chi connectivity index (χ0n) is 14.0. The number of carbonyl (C=O) groups is 2. The van der Waals surface area contributed by atoms with Crippen molar-refractivity contribution in [2.75, 3.05) is 33.3 Å². The summed E-state index contributed by atoms with van der Waals surface area (Å²) < 4.78 is 5.10. The maximum atomic E-state index is 12.5. The first-order chi connectivity index (χ1) is 12.1. The third-order valence-corrected chi connectivity index (χ3v) is 4.33. The minimum Gasteiger partial charge on any atom is -0.507 e. The standard InChI is InChI=1S/C19H20N2O4/c1-25-15-8-6-14(7-9-15)18(23)20-10-12-21(13-11-20)19(24)16-4-2-3-5-17(16)22/h2-9,22H,10-13H2,1H3. The van der Waals surface area contributed by atoms with Gasteiger partial charge in [0.1, 0.15) is 11.5 Å². The first-order valence-electron chi connectivity index (χ1n) is 8.11. The smallest absolute Gasteiger partial charge is 0.257 e. The van der Waals surface area contributed by atoms with Crippen molar-refractivity contribution >= 4 is 11.8 Å². The van der Waals surface area contributed by atoms with Crippen molar-refractivity contribution in [3.05, 3.63) is 59.7 Å². The second kappa shape index (κ2) is 7.25. The van der Waals surface area contributed by atoms with E-state index in [2.05, 4.69) is 0 Å². The van der Waals surface area contributed by atoms with Crippen LogP contribution in [0.15, 0.2) is 48.5 Å². The molecule has 2 aromatic carbocycles. The molecule has 0 aromatic heterocycles. The van der Waals surface area contributed by atoms with Crippen LogP contribution >= 0.6 is 0 Å². The Hall–Kier alpha value is -3.02. The molecular weight excluding hydrogens is 320 g/mol. The van der Waals surface area contributed by atoms with Crippen molar-refractivity contribution in [3.63, 3.8) is 0 Å². The summed E-state index contributed by atoms with van der Waals surface area (Å²) in [7, 11) is 1.58. The summed E-state index contributed by atoms with van der Waals surface area (Å²) in [6, 6.07) is 13.5. The van der Waals surface area contributed by atoms with Crippen molar-refractivity contribution < 1.29 is 19.4 Å². The van der Waals surface area contributed by atoms with Crippen molar-refractivity contribution in [2.24, 2.45) is 0 Å². The molecule has 0 aliphatic carbocycles. The Morgan fingerprint density at radius 1 is 0.880 bits per heavy atom. The fraction of sp³-hybridized carbons (Fsp3) is 0.263. The van der Waals surface area contributed by atoms with Crippen LogP contribution in [-0.4, -0.2) is 60.0 Å². The lowest BCUT2D eigenvalue weighted by molar-refractivity contribution is 0.0533. The number of piperazine rings is 1. The van der Waals surface area contributed by atoms with Crippen LogP contribution in [0.2, 0.25) is 0 Å². The lowest BCUT2D eigenvalue weighted by Crippen LogP contribution is -2.50. The Bertz CT molecular complexity index is 765. The summed E-state index contributed by atoms with van der Waals surface area (Å²) in [4.78, 5) is 28.4. The van der Waals surface area contributed by atoms with Gasteiger partial charge in [0.05, 0.1) is 12.7 Å². The van der Waals surface area contributed by atoms with Gasteiger partial charge in [-0.25, -0.2) is 0 Å². The van der Waals surface area contributed by atoms with E-state index in [4.69, 9.17) is 4.74 Å².